The van der Waals surface area contributed by atoms with E-state index in [1.807, 2.05) is 13.8 Å². The lowest BCUT2D eigenvalue weighted by molar-refractivity contribution is -0.218. The van der Waals surface area contributed by atoms with Crippen LogP contribution < -0.4 is 5.73 Å². The minimum absolute atomic E-state index is 0.0364. The Morgan fingerprint density at radius 3 is 2.43 bits per heavy atom. The molecule has 0 heterocycles. The molecule has 0 aliphatic heterocycles. The molecule has 0 aromatic heterocycles. The SMILES string of the molecule is CCC1(C)C(N)CC1OCC(F)(F)F. The molecular weight excluding hydrogens is 195 g/mol. The molecule has 0 radical (unpaired) electrons. The van der Waals surface area contributed by atoms with Gasteiger partial charge in [-0.3, -0.25) is 0 Å². The van der Waals surface area contributed by atoms with Crippen molar-refractivity contribution in [2.75, 3.05) is 6.61 Å². The molecule has 84 valence electrons. The number of hydrogen-bond acceptors (Lipinski definition) is 2. The third-order valence-corrected chi connectivity index (χ3v) is 3.26. The topological polar surface area (TPSA) is 35.2 Å². The average Bonchev–Trinajstić information content (AvgIpc) is 2.08. The van der Waals surface area contributed by atoms with E-state index in [2.05, 4.69) is 0 Å². The number of rotatable bonds is 3. The summed E-state index contributed by atoms with van der Waals surface area (Å²) in [4.78, 5) is 0. The second-order valence-electron chi connectivity index (χ2n) is 4.12. The van der Waals surface area contributed by atoms with Crippen molar-refractivity contribution in [1.29, 1.82) is 0 Å². The van der Waals surface area contributed by atoms with E-state index in [0.717, 1.165) is 6.42 Å². The summed E-state index contributed by atoms with van der Waals surface area (Å²) < 4.78 is 40.4. The largest absolute Gasteiger partial charge is 0.411 e. The summed E-state index contributed by atoms with van der Waals surface area (Å²) in [6.07, 6.45) is -3.31. The number of ether oxygens (including phenoxy) is 1. The third kappa shape index (κ3) is 2.20. The van der Waals surface area contributed by atoms with Crippen LogP contribution in [-0.4, -0.2) is 24.9 Å². The minimum atomic E-state index is -4.24. The summed E-state index contributed by atoms with van der Waals surface area (Å²) in [5.41, 5.74) is 5.45. The highest BCUT2D eigenvalue weighted by atomic mass is 19.4. The summed E-state index contributed by atoms with van der Waals surface area (Å²) in [6.45, 7) is 2.63. The molecule has 0 spiro atoms. The normalized spacial score (nSPS) is 38.1. The summed E-state index contributed by atoms with van der Waals surface area (Å²) in [5, 5.41) is 0. The molecule has 1 aliphatic carbocycles. The Labute approximate surface area is 81.6 Å². The molecule has 1 aliphatic rings. The van der Waals surface area contributed by atoms with Crippen molar-refractivity contribution in [2.24, 2.45) is 11.1 Å². The fourth-order valence-electron chi connectivity index (χ4n) is 1.79. The predicted octanol–water partition coefficient (Wildman–Crippen LogP) is 2.08. The monoisotopic (exact) mass is 211 g/mol. The smallest absolute Gasteiger partial charge is 0.368 e. The molecule has 1 saturated carbocycles. The quantitative estimate of drug-likeness (QED) is 0.775. The van der Waals surface area contributed by atoms with Crippen molar-refractivity contribution >= 4 is 0 Å². The molecule has 5 heteroatoms. The van der Waals surface area contributed by atoms with Crippen molar-refractivity contribution in [3.63, 3.8) is 0 Å². The van der Waals surface area contributed by atoms with Gasteiger partial charge in [0.2, 0.25) is 0 Å². The van der Waals surface area contributed by atoms with Gasteiger partial charge in [0, 0.05) is 11.5 Å². The lowest BCUT2D eigenvalue weighted by atomic mass is 9.62. The molecular formula is C9H16F3NO. The Bertz CT molecular complexity index is 207. The van der Waals surface area contributed by atoms with E-state index in [9.17, 15) is 13.2 Å². The van der Waals surface area contributed by atoms with Gasteiger partial charge in [-0.25, -0.2) is 0 Å². The van der Waals surface area contributed by atoms with Gasteiger partial charge >= 0.3 is 6.18 Å². The summed E-state index contributed by atoms with van der Waals surface area (Å²) >= 11 is 0. The van der Waals surface area contributed by atoms with Crippen molar-refractivity contribution < 1.29 is 17.9 Å². The van der Waals surface area contributed by atoms with Crippen LogP contribution in [0.15, 0.2) is 0 Å². The fourth-order valence-corrected chi connectivity index (χ4v) is 1.79. The van der Waals surface area contributed by atoms with Crippen molar-refractivity contribution in [3.05, 3.63) is 0 Å². The summed E-state index contributed by atoms with van der Waals surface area (Å²) in [6, 6.07) is -0.0364. The van der Waals surface area contributed by atoms with E-state index in [1.165, 1.54) is 0 Å². The highest BCUT2D eigenvalue weighted by Gasteiger charge is 2.50. The number of alkyl halides is 3. The molecule has 0 amide bonds. The molecule has 1 fully saturated rings. The lowest BCUT2D eigenvalue weighted by Gasteiger charge is -2.51. The Morgan fingerprint density at radius 2 is 2.07 bits per heavy atom. The first-order chi connectivity index (χ1) is 6.29. The molecule has 3 atom stereocenters. The van der Waals surface area contributed by atoms with Crippen LogP contribution in [0.1, 0.15) is 26.7 Å². The Balaban J connectivity index is 2.41. The van der Waals surface area contributed by atoms with E-state index < -0.39 is 12.8 Å². The van der Waals surface area contributed by atoms with Crippen LogP contribution in [0.3, 0.4) is 0 Å². The molecule has 0 saturated heterocycles. The van der Waals surface area contributed by atoms with E-state index in [0.29, 0.717) is 6.42 Å². The first-order valence-corrected chi connectivity index (χ1v) is 4.73. The second kappa shape index (κ2) is 3.70. The van der Waals surface area contributed by atoms with Gasteiger partial charge in [0.25, 0.3) is 0 Å². The molecule has 3 unspecified atom stereocenters. The summed E-state index contributed by atoms with van der Waals surface area (Å²) in [7, 11) is 0. The van der Waals surface area contributed by atoms with Crippen LogP contribution in [0.25, 0.3) is 0 Å². The van der Waals surface area contributed by atoms with Crippen LogP contribution >= 0.6 is 0 Å². The zero-order valence-corrected chi connectivity index (χ0v) is 8.40. The van der Waals surface area contributed by atoms with Crippen LogP contribution in [0, 0.1) is 5.41 Å². The molecule has 14 heavy (non-hydrogen) atoms. The molecule has 0 aromatic carbocycles. The maximum atomic E-state index is 11.9. The average molecular weight is 211 g/mol. The highest BCUT2D eigenvalue weighted by molar-refractivity contribution is 5.03. The molecule has 0 aromatic rings. The van der Waals surface area contributed by atoms with Crippen molar-refractivity contribution in [1.82, 2.24) is 0 Å². The number of hydrogen-bond donors (Lipinski definition) is 1. The molecule has 1 rings (SSSR count). The zero-order chi connectivity index (χ0) is 11.0. The van der Waals surface area contributed by atoms with Crippen LogP contribution in [0.5, 0.6) is 0 Å². The van der Waals surface area contributed by atoms with Crippen LogP contribution in [0.2, 0.25) is 0 Å². The lowest BCUT2D eigenvalue weighted by Crippen LogP contribution is -2.60. The van der Waals surface area contributed by atoms with E-state index in [4.69, 9.17) is 10.5 Å². The van der Waals surface area contributed by atoms with E-state index in [1.54, 1.807) is 0 Å². The first kappa shape index (κ1) is 11.8. The highest BCUT2D eigenvalue weighted by Crippen LogP contribution is 2.44. The van der Waals surface area contributed by atoms with Gasteiger partial charge in [-0.05, 0) is 12.8 Å². The number of nitrogens with two attached hydrogens (primary N) is 1. The van der Waals surface area contributed by atoms with Crippen LogP contribution in [0.4, 0.5) is 13.2 Å². The van der Waals surface area contributed by atoms with Gasteiger partial charge < -0.3 is 10.5 Å². The minimum Gasteiger partial charge on any atom is -0.368 e. The van der Waals surface area contributed by atoms with Gasteiger partial charge in [-0.15, -0.1) is 0 Å². The Hall–Kier alpha value is -0.290. The zero-order valence-electron chi connectivity index (χ0n) is 8.40. The molecule has 0 bridgehead atoms. The van der Waals surface area contributed by atoms with E-state index >= 15 is 0 Å². The van der Waals surface area contributed by atoms with Gasteiger partial charge in [0.05, 0.1) is 6.10 Å². The van der Waals surface area contributed by atoms with Gasteiger partial charge in [-0.1, -0.05) is 13.8 Å². The number of halogens is 3. The third-order valence-electron chi connectivity index (χ3n) is 3.26. The van der Waals surface area contributed by atoms with Gasteiger partial charge in [0.1, 0.15) is 6.61 Å². The molecule has 2 nitrogen and oxygen atoms in total. The standard InChI is InChI=1S/C9H16F3NO/c1-3-8(2)6(13)4-7(8)14-5-9(10,11)12/h6-7H,3-5,13H2,1-2H3. The van der Waals surface area contributed by atoms with E-state index in [-0.39, 0.29) is 17.6 Å². The van der Waals surface area contributed by atoms with Crippen molar-refractivity contribution in [2.45, 2.75) is 45.0 Å². The fraction of sp³-hybridized carbons (Fsp3) is 1.00. The Morgan fingerprint density at radius 1 is 1.50 bits per heavy atom. The van der Waals surface area contributed by atoms with Gasteiger partial charge in [0.15, 0.2) is 0 Å². The second-order valence-corrected chi connectivity index (χ2v) is 4.12. The maximum Gasteiger partial charge on any atom is 0.411 e. The first-order valence-electron chi connectivity index (χ1n) is 4.73. The van der Waals surface area contributed by atoms with Crippen LogP contribution in [-0.2, 0) is 4.74 Å². The van der Waals surface area contributed by atoms with Gasteiger partial charge in [-0.2, -0.15) is 13.2 Å². The molecule has 2 N–H and O–H groups in total. The predicted molar refractivity (Wildman–Crippen MR) is 46.8 cm³/mol. The Kier molecular flexibility index (Phi) is 3.11. The summed E-state index contributed by atoms with van der Waals surface area (Å²) in [5.74, 6) is 0. The van der Waals surface area contributed by atoms with Crippen molar-refractivity contribution in [3.8, 4) is 0 Å². The maximum absolute atomic E-state index is 11.9.